The van der Waals surface area contributed by atoms with Crippen LogP contribution >= 0.6 is 0 Å². The third-order valence-corrected chi connectivity index (χ3v) is 2.53. The summed E-state index contributed by atoms with van der Waals surface area (Å²) in [6.45, 7) is -0.777. The van der Waals surface area contributed by atoms with E-state index in [0.717, 1.165) is 12.1 Å². The van der Waals surface area contributed by atoms with E-state index in [1.807, 2.05) is 0 Å². The highest BCUT2D eigenvalue weighted by molar-refractivity contribution is 5.83. The molecule has 0 aliphatic heterocycles. The lowest BCUT2D eigenvalue weighted by molar-refractivity contribution is -0.154. The molecule has 0 aromatic heterocycles. The number of nitrogens with zero attached hydrogens (tertiary/aromatic N) is 1. The SMILES string of the molecule is N/C(=N/O)C(CNCc1ccc(F)c(F)c1)C(F)(F)F. The van der Waals surface area contributed by atoms with Gasteiger partial charge in [-0.05, 0) is 17.7 Å². The first kappa shape index (κ1) is 16.2. The molecule has 1 aromatic carbocycles. The number of nitrogens with one attached hydrogen (secondary N) is 1. The second kappa shape index (κ2) is 6.51. The average molecular weight is 297 g/mol. The van der Waals surface area contributed by atoms with Gasteiger partial charge < -0.3 is 16.3 Å². The van der Waals surface area contributed by atoms with Crippen molar-refractivity contribution in [1.82, 2.24) is 5.32 Å². The van der Waals surface area contributed by atoms with Gasteiger partial charge in [0.2, 0.25) is 0 Å². The summed E-state index contributed by atoms with van der Waals surface area (Å²) in [5.41, 5.74) is 5.23. The van der Waals surface area contributed by atoms with E-state index in [1.54, 1.807) is 0 Å². The standard InChI is InChI=1S/C11H12F5N3O/c12-8-2-1-6(3-9(8)13)4-18-5-7(10(17)19-20)11(14,15)16/h1-3,7,18,20H,4-5H2,(H2,17,19). The smallest absolute Gasteiger partial charge is 0.400 e. The number of hydrogen-bond acceptors (Lipinski definition) is 3. The Morgan fingerprint density at radius 3 is 2.45 bits per heavy atom. The van der Waals surface area contributed by atoms with Crippen LogP contribution < -0.4 is 11.1 Å². The molecule has 1 atom stereocenters. The topological polar surface area (TPSA) is 70.6 Å². The monoisotopic (exact) mass is 297 g/mol. The number of alkyl halides is 3. The Morgan fingerprint density at radius 1 is 1.30 bits per heavy atom. The van der Waals surface area contributed by atoms with Crippen molar-refractivity contribution in [3.63, 3.8) is 0 Å². The van der Waals surface area contributed by atoms with Gasteiger partial charge >= 0.3 is 6.18 Å². The molecular formula is C11H12F5N3O. The van der Waals surface area contributed by atoms with Crippen molar-refractivity contribution in [3.05, 3.63) is 35.4 Å². The van der Waals surface area contributed by atoms with Gasteiger partial charge in [0.15, 0.2) is 17.5 Å². The number of hydrogen-bond donors (Lipinski definition) is 3. The van der Waals surface area contributed by atoms with E-state index in [-0.39, 0.29) is 12.1 Å². The molecule has 1 rings (SSSR count). The van der Waals surface area contributed by atoms with Crippen LogP contribution in [0.4, 0.5) is 22.0 Å². The normalized spacial score (nSPS) is 14.3. The largest absolute Gasteiger partial charge is 0.409 e. The number of halogens is 5. The maximum atomic E-state index is 12.9. The van der Waals surface area contributed by atoms with E-state index < -0.39 is 36.1 Å². The van der Waals surface area contributed by atoms with E-state index in [9.17, 15) is 22.0 Å². The summed E-state index contributed by atoms with van der Waals surface area (Å²) >= 11 is 0. The summed E-state index contributed by atoms with van der Waals surface area (Å²) in [5.74, 6) is -5.28. The highest BCUT2D eigenvalue weighted by atomic mass is 19.4. The summed E-state index contributed by atoms with van der Waals surface area (Å²) in [4.78, 5) is 0. The van der Waals surface area contributed by atoms with Gasteiger partial charge in [-0.1, -0.05) is 11.2 Å². The second-order valence-electron chi connectivity index (χ2n) is 4.00. The lowest BCUT2D eigenvalue weighted by Crippen LogP contribution is -2.42. The molecular weight excluding hydrogens is 285 g/mol. The Hall–Kier alpha value is -1.90. The maximum Gasteiger partial charge on any atom is 0.400 e. The molecule has 0 aliphatic carbocycles. The molecule has 1 unspecified atom stereocenters. The first-order valence-corrected chi connectivity index (χ1v) is 5.44. The molecule has 20 heavy (non-hydrogen) atoms. The summed E-state index contributed by atoms with van der Waals surface area (Å²) in [7, 11) is 0. The highest BCUT2D eigenvalue weighted by Crippen LogP contribution is 2.25. The Labute approximate surface area is 111 Å². The summed E-state index contributed by atoms with van der Waals surface area (Å²) in [6, 6.07) is 2.98. The van der Waals surface area contributed by atoms with Crippen LogP contribution in [0.5, 0.6) is 0 Å². The fraction of sp³-hybridized carbons (Fsp3) is 0.364. The average Bonchev–Trinajstić information content (AvgIpc) is 2.36. The van der Waals surface area contributed by atoms with E-state index in [1.165, 1.54) is 6.07 Å². The van der Waals surface area contributed by atoms with Gasteiger partial charge in [0.1, 0.15) is 5.92 Å². The minimum absolute atomic E-state index is 0.123. The Morgan fingerprint density at radius 2 is 1.95 bits per heavy atom. The molecule has 0 spiro atoms. The van der Waals surface area contributed by atoms with Crippen molar-refractivity contribution in [2.45, 2.75) is 12.7 Å². The predicted octanol–water partition coefficient (Wildman–Crippen LogP) is 1.98. The molecule has 1 aromatic rings. The van der Waals surface area contributed by atoms with Crippen LogP contribution in [0.3, 0.4) is 0 Å². The number of rotatable bonds is 5. The van der Waals surface area contributed by atoms with E-state index >= 15 is 0 Å². The van der Waals surface area contributed by atoms with Crippen molar-refractivity contribution in [1.29, 1.82) is 0 Å². The summed E-state index contributed by atoms with van der Waals surface area (Å²) in [6.07, 6.45) is -4.68. The van der Waals surface area contributed by atoms with Crippen molar-refractivity contribution < 1.29 is 27.2 Å². The molecule has 0 fully saturated rings. The molecule has 0 aliphatic rings. The van der Waals surface area contributed by atoms with Gasteiger partial charge in [-0.3, -0.25) is 0 Å². The van der Waals surface area contributed by atoms with E-state index in [0.29, 0.717) is 0 Å². The first-order chi connectivity index (χ1) is 9.25. The number of oxime groups is 1. The van der Waals surface area contributed by atoms with Crippen LogP contribution in [-0.4, -0.2) is 23.8 Å². The molecule has 4 nitrogen and oxygen atoms in total. The maximum absolute atomic E-state index is 12.9. The molecule has 0 bridgehead atoms. The molecule has 0 radical (unpaired) electrons. The van der Waals surface area contributed by atoms with Gasteiger partial charge in [-0.2, -0.15) is 13.2 Å². The number of amidine groups is 1. The highest BCUT2D eigenvalue weighted by Gasteiger charge is 2.42. The van der Waals surface area contributed by atoms with Crippen LogP contribution in [0, 0.1) is 17.6 Å². The summed E-state index contributed by atoms with van der Waals surface area (Å²) < 4.78 is 63.3. The number of nitrogens with two attached hydrogens (primary N) is 1. The van der Waals surface area contributed by atoms with Crippen molar-refractivity contribution in [3.8, 4) is 0 Å². The fourth-order valence-corrected chi connectivity index (χ4v) is 1.47. The zero-order valence-corrected chi connectivity index (χ0v) is 10.1. The van der Waals surface area contributed by atoms with Crippen molar-refractivity contribution >= 4 is 5.84 Å². The second-order valence-corrected chi connectivity index (χ2v) is 4.00. The lowest BCUT2D eigenvalue weighted by Gasteiger charge is -2.19. The molecule has 0 saturated heterocycles. The van der Waals surface area contributed by atoms with Crippen molar-refractivity contribution in [2.24, 2.45) is 16.8 Å². The predicted molar refractivity (Wildman–Crippen MR) is 61.0 cm³/mol. The van der Waals surface area contributed by atoms with Crippen LogP contribution in [0.15, 0.2) is 23.4 Å². The van der Waals surface area contributed by atoms with Gasteiger partial charge in [-0.15, -0.1) is 0 Å². The van der Waals surface area contributed by atoms with Crippen LogP contribution in [0.2, 0.25) is 0 Å². The Bertz CT molecular complexity index is 489. The Kier molecular flexibility index (Phi) is 5.26. The quantitative estimate of drug-likeness (QED) is 0.256. The molecule has 4 N–H and O–H groups in total. The minimum Gasteiger partial charge on any atom is -0.409 e. The molecule has 112 valence electrons. The molecule has 9 heteroatoms. The molecule has 0 amide bonds. The van der Waals surface area contributed by atoms with Crippen LogP contribution in [0.1, 0.15) is 5.56 Å². The lowest BCUT2D eigenvalue weighted by atomic mass is 10.1. The third kappa shape index (κ3) is 4.34. The van der Waals surface area contributed by atoms with Crippen LogP contribution in [-0.2, 0) is 6.54 Å². The molecule has 0 saturated carbocycles. The van der Waals surface area contributed by atoms with Gasteiger partial charge in [-0.25, -0.2) is 8.78 Å². The summed E-state index contributed by atoms with van der Waals surface area (Å²) in [5, 5.41) is 13.0. The fourth-order valence-electron chi connectivity index (χ4n) is 1.47. The zero-order chi connectivity index (χ0) is 15.3. The minimum atomic E-state index is -4.68. The van der Waals surface area contributed by atoms with E-state index in [2.05, 4.69) is 10.5 Å². The van der Waals surface area contributed by atoms with Crippen molar-refractivity contribution in [2.75, 3.05) is 6.54 Å². The van der Waals surface area contributed by atoms with Gasteiger partial charge in [0, 0.05) is 13.1 Å². The molecule has 0 heterocycles. The van der Waals surface area contributed by atoms with Gasteiger partial charge in [0.25, 0.3) is 0 Å². The Balaban J connectivity index is 2.63. The van der Waals surface area contributed by atoms with Crippen LogP contribution in [0.25, 0.3) is 0 Å². The van der Waals surface area contributed by atoms with Gasteiger partial charge in [0.05, 0.1) is 0 Å². The zero-order valence-electron chi connectivity index (χ0n) is 10.1. The number of benzene rings is 1. The third-order valence-electron chi connectivity index (χ3n) is 2.53. The first-order valence-electron chi connectivity index (χ1n) is 5.44. The van der Waals surface area contributed by atoms with E-state index in [4.69, 9.17) is 10.9 Å².